The van der Waals surface area contributed by atoms with E-state index in [-0.39, 0.29) is 0 Å². The number of aliphatic hydroxyl groups excluding tert-OH is 1. The van der Waals surface area contributed by atoms with Crippen molar-refractivity contribution in [2.24, 2.45) is 0 Å². The maximum Gasteiger partial charge on any atom is 0.225 e. The van der Waals surface area contributed by atoms with Gasteiger partial charge in [-0.3, -0.25) is 0 Å². The molecule has 9 heteroatoms. The molecule has 1 aromatic carbocycles. The average Bonchev–Trinajstić information content (AvgIpc) is 2.80. The molecular weight excluding hydrogens is 425 g/mol. The average molecular weight is 458 g/mol. The summed E-state index contributed by atoms with van der Waals surface area (Å²) in [5, 5.41) is 17.0. The number of aliphatic hydroxyl groups is 1. The van der Waals surface area contributed by atoms with E-state index in [4.69, 9.17) is 9.47 Å². The molecule has 0 radical (unpaired) electrons. The van der Waals surface area contributed by atoms with Gasteiger partial charge in [0.15, 0.2) is 5.82 Å². The molecule has 0 amide bonds. The molecule has 178 valence electrons. The van der Waals surface area contributed by atoms with Gasteiger partial charge in [-0.25, -0.2) is 14.4 Å². The van der Waals surface area contributed by atoms with E-state index in [9.17, 15) is 9.50 Å². The second kappa shape index (κ2) is 10.6. The Balaban J connectivity index is 1.95. The molecule has 0 aliphatic rings. The van der Waals surface area contributed by atoms with Crippen molar-refractivity contribution in [2.45, 2.75) is 58.2 Å². The summed E-state index contributed by atoms with van der Waals surface area (Å²) in [5.74, 6) is 1.60. The molecule has 2 aromatic heterocycles. The lowest BCUT2D eigenvalue weighted by Gasteiger charge is -2.34. The van der Waals surface area contributed by atoms with E-state index in [0.29, 0.717) is 40.8 Å². The van der Waals surface area contributed by atoms with Crippen LogP contribution < -0.4 is 20.1 Å². The van der Waals surface area contributed by atoms with Crippen LogP contribution in [0.2, 0.25) is 0 Å². The second-order valence-electron chi connectivity index (χ2n) is 8.27. The Kier molecular flexibility index (Phi) is 7.86. The van der Waals surface area contributed by atoms with Crippen molar-refractivity contribution in [3.63, 3.8) is 0 Å². The van der Waals surface area contributed by atoms with Crippen LogP contribution in [0.4, 0.5) is 16.2 Å². The van der Waals surface area contributed by atoms with Crippen LogP contribution in [-0.4, -0.2) is 45.9 Å². The van der Waals surface area contributed by atoms with Gasteiger partial charge in [0.2, 0.25) is 5.95 Å². The van der Waals surface area contributed by atoms with Crippen LogP contribution in [0.5, 0.6) is 11.5 Å². The van der Waals surface area contributed by atoms with E-state index < -0.39 is 17.5 Å². The molecule has 2 atom stereocenters. The summed E-state index contributed by atoms with van der Waals surface area (Å²) in [5.41, 5.74) is 1.04. The molecule has 0 aliphatic carbocycles. The molecule has 8 nitrogen and oxygen atoms in total. The van der Waals surface area contributed by atoms with Crippen LogP contribution in [0.3, 0.4) is 0 Å². The van der Waals surface area contributed by atoms with Gasteiger partial charge < -0.3 is 25.2 Å². The number of benzene rings is 1. The molecule has 0 spiro atoms. The van der Waals surface area contributed by atoms with Crippen molar-refractivity contribution in [3.8, 4) is 11.5 Å². The molecule has 0 saturated carbocycles. The van der Waals surface area contributed by atoms with E-state index in [1.807, 2.05) is 19.1 Å². The highest BCUT2D eigenvalue weighted by atomic mass is 19.1. The number of anilines is 2. The Hall–Kier alpha value is -3.20. The summed E-state index contributed by atoms with van der Waals surface area (Å²) in [6.45, 7) is 6.17. The van der Waals surface area contributed by atoms with Crippen molar-refractivity contribution in [2.75, 3.05) is 24.9 Å². The largest absolute Gasteiger partial charge is 0.497 e. The van der Waals surface area contributed by atoms with E-state index in [1.165, 1.54) is 6.07 Å². The Morgan fingerprint density at radius 2 is 1.97 bits per heavy atom. The fraction of sp³-hybridized carbons (Fsp3) is 0.458. The van der Waals surface area contributed by atoms with Crippen molar-refractivity contribution < 1.29 is 19.0 Å². The number of rotatable bonds is 11. The maximum absolute atomic E-state index is 13.9. The number of methoxy groups -OCH3 is 2. The molecular formula is C24H32FN5O3. The lowest BCUT2D eigenvalue weighted by molar-refractivity contribution is 0.116. The Morgan fingerprint density at radius 1 is 1.18 bits per heavy atom. The van der Waals surface area contributed by atoms with Crippen molar-refractivity contribution in [3.05, 3.63) is 41.8 Å². The van der Waals surface area contributed by atoms with Gasteiger partial charge in [-0.05, 0) is 32.4 Å². The molecule has 0 saturated heterocycles. The maximum atomic E-state index is 13.9. The number of fused-ring (bicyclic) bond motifs is 1. The number of hydrogen-bond acceptors (Lipinski definition) is 8. The zero-order valence-corrected chi connectivity index (χ0v) is 19.8. The number of pyridine rings is 1. The topological polar surface area (TPSA) is 101 Å². The number of halogens is 1. The highest BCUT2D eigenvalue weighted by Crippen LogP contribution is 2.29. The minimum atomic E-state index is -0.644. The highest BCUT2D eigenvalue weighted by molar-refractivity contribution is 5.86. The molecule has 3 aromatic rings. The van der Waals surface area contributed by atoms with Crippen LogP contribution in [0.15, 0.2) is 30.5 Å². The van der Waals surface area contributed by atoms with Gasteiger partial charge >= 0.3 is 0 Å². The van der Waals surface area contributed by atoms with Crippen molar-refractivity contribution >= 4 is 22.8 Å². The summed E-state index contributed by atoms with van der Waals surface area (Å²) in [6, 6.07) is 6.85. The summed E-state index contributed by atoms with van der Waals surface area (Å²) < 4.78 is 24.6. The monoisotopic (exact) mass is 457 g/mol. The highest BCUT2D eigenvalue weighted by Gasteiger charge is 2.31. The zero-order valence-electron chi connectivity index (χ0n) is 19.8. The molecule has 3 rings (SSSR count). The first-order valence-corrected chi connectivity index (χ1v) is 11.0. The number of unbranched alkanes of at least 4 members (excludes halogenated alkanes) is 1. The van der Waals surface area contributed by atoms with Crippen molar-refractivity contribution in [1.29, 1.82) is 0 Å². The van der Waals surface area contributed by atoms with Gasteiger partial charge in [-0.1, -0.05) is 19.8 Å². The Bertz CT molecular complexity index is 1100. The van der Waals surface area contributed by atoms with Crippen LogP contribution in [0, 0.1) is 5.82 Å². The van der Waals surface area contributed by atoms with Gasteiger partial charge in [0.1, 0.15) is 22.8 Å². The minimum Gasteiger partial charge on any atom is -0.497 e. The first-order chi connectivity index (χ1) is 15.8. The standard InChI is InChI=1S/C24H32FN5O3/c1-6-7-10-24(3,15(2)31)30-22-21-19(11-17(25)14-26-21)28-23(29-22)27-13-16-8-9-18(32-4)12-20(16)33-5/h8-9,11-12,14-15,31H,6-7,10,13H2,1-5H3,(H2,27,28,29,30)/t15-,24+/m0/s1. The fourth-order valence-corrected chi connectivity index (χ4v) is 3.52. The van der Waals surface area contributed by atoms with Gasteiger partial charge in [0, 0.05) is 24.2 Å². The quantitative estimate of drug-likeness (QED) is 0.386. The van der Waals surface area contributed by atoms with Crippen LogP contribution >= 0.6 is 0 Å². The number of aromatic nitrogens is 3. The van der Waals surface area contributed by atoms with Gasteiger partial charge in [0.05, 0.1) is 37.6 Å². The number of hydrogen-bond donors (Lipinski definition) is 3. The number of nitrogens with zero attached hydrogens (tertiary/aromatic N) is 3. The summed E-state index contributed by atoms with van der Waals surface area (Å²) in [7, 11) is 3.19. The van der Waals surface area contributed by atoms with Gasteiger partial charge in [-0.15, -0.1) is 0 Å². The molecule has 33 heavy (non-hydrogen) atoms. The van der Waals surface area contributed by atoms with Crippen LogP contribution in [0.1, 0.15) is 45.6 Å². The van der Waals surface area contributed by atoms with Gasteiger partial charge in [-0.2, -0.15) is 4.98 Å². The zero-order chi connectivity index (χ0) is 24.0. The van der Waals surface area contributed by atoms with Crippen LogP contribution in [0.25, 0.3) is 11.0 Å². The predicted octanol–water partition coefficient (Wildman–Crippen LogP) is 4.53. The molecule has 0 fully saturated rings. The molecule has 0 aliphatic heterocycles. The molecule has 3 N–H and O–H groups in total. The second-order valence-corrected chi connectivity index (χ2v) is 8.27. The van der Waals surface area contributed by atoms with Crippen LogP contribution in [-0.2, 0) is 6.54 Å². The third-order valence-electron chi connectivity index (χ3n) is 5.81. The lowest BCUT2D eigenvalue weighted by Crippen LogP contribution is -2.45. The van der Waals surface area contributed by atoms with E-state index >= 15 is 0 Å². The van der Waals surface area contributed by atoms with E-state index in [0.717, 1.165) is 31.0 Å². The molecule has 0 unspecified atom stereocenters. The normalized spacial score (nSPS) is 13.9. The first-order valence-electron chi connectivity index (χ1n) is 11.0. The van der Waals surface area contributed by atoms with E-state index in [2.05, 4.69) is 32.5 Å². The Labute approximate surface area is 193 Å². The minimum absolute atomic E-state index is 0.304. The summed E-state index contributed by atoms with van der Waals surface area (Å²) in [4.78, 5) is 13.3. The fourth-order valence-electron chi connectivity index (χ4n) is 3.52. The summed E-state index contributed by atoms with van der Waals surface area (Å²) >= 11 is 0. The molecule has 2 heterocycles. The lowest BCUT2D eigenvalue weighted by atomic mass is 9.89. The third kappa shape index (κ3) is 5.78. The smallest absolute Gasteiger partial charge is 0.225 e. The number of ether oxygens (including phenoxy) is 2. The first kappa shape index (κ1) is 24.4. The molecule has 0 bridgehead atoms. The SMILES string of the molecule is CCCC[C@@](C)(Nc1nc(NCc2ccc(OC)cc2OC)nc2cc(F)cnc12)[C@H](C)O. The van der Waals surface area contributed by atoms with E-state index in [1.54, 1.807) is 27.2 Å². The van der Waals surface area contributed by atoms with Crippen molar-refractivity contribution in [1.82, 2.24) is 15.0 Å². The third-order valence-corrected chi connectivity index (χ3v) is 5.81. The number of nitrogens with one attached hydrogen (secondary N) is 2. The van der Waals surface area contributed by atoms with Gasteiger partial charge in [0.25, 0.3) is 0 Å². The summed E-state index contributed by atoms with van der Waals surface area (Å²) in [6.07, 6.45) is 3.16. The predicted molar refractivity (Wildman–Crippen MR) is 127 cm³/mol. The Morgan fingerprint density at radius 3 is 2.64 bits per heavy atom.